The summed E-state index contributed by atoms with van der Waals surface area (Å²) in [5.74, 6) is -1.76. The molecule has 1 saturated heterocycles. The lowest BCUT2D eigenvalue weighted by Gasteiger charge is -2.35. The van der Waals surface area contributed by atoms with E-state index in [2.05, 4.69) is 20.5 Å². The fourth-order valence-corrected chi connectivity index (χ4v) is 6.44. The predicted molar refractivity (Wildman–Crippen MR) is 142 cm³/mol. The van der Waals surface area contributed by atoms with Crippen LogP contribution < -0.4 is 15.5 Å². The Balaban J connectivity index is 1.22. The summed E-state index contributed by atoms with van der Waals surface area (Å²) in [6, 6.07) is 10.5. The fraction of sp³-hybridized carbons (Fsp3) is 0.333. The maximum absolute atomic E-state index is 13.1. The van der Waals surface area contributed by atoms with Gasteiger partial charge in [-0.15, -0.1) is 13.2 Å². The molecule has 15 heteroatoms. The van der Waals surface area contributed by atoms with Gasteiger partial charge in [-0.1, -0.05) is 18.2 Å². The molecule has 3 N–H and O–H groups in total. The van der Waals surface area contributed by atoms with Gasteiger partial charge in [0, 0.05) is 36.6 Å². The molecule has 0 aliphatic carbocycles. The van der Waals surface area contributed by atoms with Crippen LogP contribution in [0.5, 0.6) is 5.75 Å². The standard InChI is InChI=1S/C27H27F3N4O7S/c1-39-25(36)22(14-17-16-31-21-5-3-2-4-20(17)21)32-24(35)23-15-26(41-33-23)10-12-34(13-11-26)42(37,38)19-8-6-18(7-9-19)40-27(28,29)30/h2-9,15-16,22,31,33H,10-14H2,1H3,(H,32,35). The van der Waals surface area contributed by atoms with E-state index < -0.39 is 45.7 Å². The molecule has 42 heavy (non-hydrogen) atoms. The summed E-state index contributed by atoms with van der Waals surface area (Å²) in [5.41, 5.74) is 3.40. The number of amides is 1. The first kappa shape index (κ1) is 29.4. The summed E-state index contributed by atoms with van der Waals surface area (Å²) in [7, 11) is -2.77. The van der Waals surface area contributed by atoms with Crippen molar-refractivity contribution in [3.05, 3.63) is 72.1 Å². The van der Waals surface area contributed by atoms with E-state index in [9.17, 15) is 31.2 Å². The van der Waals surface area contributed by atoms with E-state index in [1.165, 1.54) is 11.4 Å². The Kier molecular flexibility index (Phi) is 7.92. The molecule has 2 aliphatic heterocycles. The van der Waals surface area contributed by atoms with Gasteiger partial charge >= 0.3 is 12.3 Å². The number of rotatable bonds is 8. The number of hydrogen-bond acceptors (Lipinski definition) is 8. The van der Waals surface area contributed by atoms with Gasteiger partial charge in [0.25, 0.3) is 5.91 Å². The SMILES string of the molecule is COC(=O)C(Cc1c[nH]c2ccccc12)NC(=O)C1=CC2(CCN(S(=O)(=O)c3ccc(OC(F)(F)F)cc3)CC2)ON1. The smallest absolute Gasteiger partial charge is 0.467 e. The van der Waals surface area contributed by atoms with Crippen molar-refractivity contribution in [3.8, 4) is 5.75 Å². The van der Waals surface area contributed by atoms with Gasteiger partial charge in [0.05, 0.1) is 12.0 Å². The first-order valence-corrected chi connectivity index (χ1v) is 14.3. The third kappa shape index (κ3) is 6.22. The molecule has 3 aromatic rings. The number of benzene rings is 2. The van der Waals surface area contributed by atoms with E-state index in [1.54, 1.807) is 12.3 Å². The predicted octanol–water partition coefficient (Wildman–Crippen LogP) is 2.91. The van der Waals surface area contributed by atoms with Gasteiger partial charge in [0.15, 0.2) is 0 Å². The summed E-state index contributed by atoms with van der Waals surface area (Å²) in [4.78, 5) is 34.3. The molecule has 1 aromatic heterocycles. The highest BCUT2D eigenvalue weighted by Gasteiger charge is 2.43. The molecule has 5 rings (SSSR count). The molecule has 1 spiro atoms. The molecule has 1 amide bonds. The number of esters is 1. The van der Waals surface area contributed by atoms with Crippen LogP contribution in [-0.2, 0) is 35.6 Å². The maximum atomic E-state index is 13.1. The number of carbonyl (C=O) groups is 2. The van der Waals surface area contributed by atoms with Crippen molar-refractivity contribution < 1.29 is 45.5 Å². The van der Waals surface area contributed by atoms with Gasteiger partial charge < -0.3 is 19.8 Å². The summed E-state index contributed by atoms with van der Waals surface area (Å²) in [6.45, 7) is 0.0587. The maximum Gasteiger partial charge on any atom is 0.573 e. The molecule has 2 aliphatic rings. The molecule has 0 radical (unpaired) electrons. The number of carbonyl (C=O) groups excluding carboxylic acids is 2. The lowest BCUT2D eigenvalue weighted by molar-refractivity contribution is -0.274. The molecule has 2 aromatic carbocycles. The number of ether oxygens (including phenoxy) is 2. The second-order valence-electron chi connectivity index (χ2n) is 9.86. The van der Waals surface area contributed by atoms with Crippen LogP contribution in [0.4, 0.5) is 13.2 Å². The van der Waals surface area contributed by atoms with Gasteiger partial charge in [0.1, 0.15) is 23.1 Å². The van der Waals surface area contributed by atoms with Crippen LogP contribution in [0, 0.1) is 0 Å². The van der Waals surface area contributed by atoms with Crippen LogP contribution in [0.2, 0.25) is 0 Å². The molecule has 224 valence electrons. The van der Waals surface area contributed by atoms with Gasteiger partial charge in [-0.25, -0.2) is 13.2 Å². The highest BCUT2D eigenvalue weighted by molar-refractivity contribution is 7.89. The number of hydroxylamine groups is 1. The van der Waals surface area contributed by atoms with Crippen molar-refractivity contribution in [1.29, 1.82) is 0 Å². The molecule has 3 heterocycles. The molecule has 0 bridgehead atoms. The van der Waals surface area contributed by atoms with Crippen LogP contribution in [0.25, 0.3) is 10.9 Å². The van der Waals surface area contributed by atoms with Crippen molar-refractivity contribution in [2.45, 2.75) is 42.2 Å². The average molecular weight is 609 g/mol. The normalized spacial score (nSPS) is 17.9. The average Bonchev–Trinajstić information content (AvgIpc) is 3.56. The number of fused-ring (bicyclic) bond motifs is 1. The zero-order valence-electron chi connectivity index (χ0n) is 22.2. The first-order valence-electron chi connectivity index (χ1n) is 12.9. The van der Waals surface area contributed by atoms with Crippen molar-refractivity contribution >= 4 is 32.8 Å². The Hall–Kier alpha value is -4.08. The van der Waals surface area contributed by atoms with Crippen LogP contribution in [0.3, 0.4) is 0 Å². The van der Waals surface area contributed by atoms with E-state index in [1.807, 2.05) is 24.3 Å². The van der Waals surface area contributed by atoms with Gasteiger partial charge in [-0.3, -0.25) is 15.1 Å². The van der Waals surface area contributed by atoms with E-state index in [0.717, 1.165) is 40.7 Å². The summed E-state index contributed by atoms with van der Waals surface area (Å²) >= 11 is 0. The number of para-hydroxylation sites is 1. The van der Waals surface area contributed by atoms with Crippen molar-refractivity contribution in [3.63, 3.8) is 0 Å². The van der Waals surface area contributed by atoms with Crippen LogP contribution in [-0.4, -0.2) is 67.8 Å². The summed E-state index contributed by atoms with van der Waals surface area (Å²) < 4.78 is 73.3. The second-order valence-corrected chi connectivity index (χ2v) is 11.8. The minimum absolute atomic E-state index is 0.0293. The quantitative estimate of drug-likeness (QED) is 0.332. The van der Waals surface area contributed by atoms with Crippen molar-refractivity contribution in [2.24, 2.45) is 0 Å². The topological polar surface area (TPSA) is 139 Å². The number of aromatic amines is 1. The number of piperidine rings is 1. The first-order chi connectivity index (χ1) is 19.9. The number of sulfonamides is 1. The van der Waals surface area contributed by atoms with Gasteiger partial charge in [0.2, 0.25) is 10.0 Å². The molecule has 0 saturated carbocycles. The van der Waals surface area contributed by atoms with Crippen LogP contribution >= 0.6 is 0 Å². The minimum Gasteiger partial charge on any atom is -0.467 e. The summed E-state index contributed by atoms with van der Waals surface area (Å²) in [6.07, 6.45) is -0.988. The highest BCUT2D eigenvalue weighted by Crippen LogP contribution is 2.34. The Bertz CT molecular complexity index is 1610. The largest absolute Gasteiger partial charge is 0.573 e. The Morgan fingerprint density at radius 1 is 1.12 bits per heavy atom. The number of hydrogen-bond donors (Lipinski definition) is 3. The zero-order chi connectivity index (χ0) is 30.1. The van der Waals surface area contributed by atoms with E-state index in [-0.39, 0.29) is 42.9 Å². The minimum atomic E-state index is -4.89. The number of halogens is 3. The molecule has 1 atom stereocenters. The monoisotopic (exact) mass is 608 g/mol. The zero-order valence-corrected chi connectivity index (χ0v) is 23.0. The number of alkyl halides is 3. The van der Waals surface area contributed by atoms with Crippen molar-refractivity contribution in [2.75, 3.05) is 20.2 Å². The molecule has 11 nitrogen and oxygen atoms in total. The van der Waals surface area contributed by atoms with Crippen LogP contribution in [0.1, 0.15) is 18.4 Å². The number of nitrogens with one attached hydrogen (secondary N) is 3. The number of methoxy groups -OCH3 is 1. The van der Waals surface area contributed by atoms with E-state index in [4.69, 9.17) is 9.57 Å². The lowest BCUT2D eigenvalue weighted by atomic mass is 9.92. The van der Waals surface area contributed by atoms with Crippen molar-refractivity contribution in [1.82, 2.24) is 20.1 Å². The number of aromatic nitrogens is 1. The van der Waals surface area contributed by atoms with E-state index >= 15 is 0 Å². The number of nitrogens with zero attached hydrogens (tertiary/aromatic N) is 1. The van der Waals surface area contributed by atoms with Gasteiger partial charge in [-0.05, 0) is 54.8 Å². The molecule has 1 fully saturated rings. The van der Waals surface area contributed by atoms with Crippen LogP contribution in [0.15, 0.2) is 71.4 Å². The Morgan fingerprint density at radius 2 is 1.81 bits per heavy atom. The third-order valence-corrected chi connectivity index (χ3v) is 9.08. The van der Waals surface area contributed by atoms with E-state index in [0.29, 0.717) is 0 Å². The molecular formula is C27H27F3N4O7S. The van der Waals surface area contributed by atoms with Gasteiger partial charge in [-0.2, -0.15) is 4.31 Å². The highest BCUT2D eigenvalue weighted by atomic mass is 32.2. The summed E-state index contributed by atoms with van der Waals surface area (Å²) in [5, 5.41) is 3.59. The third-order valence-electron chi connectivity index (χ3n) is 7.17. The second kappa shape index (κ2) is 11.3. The lowest BCUT2D eigenvalue weighted by Crippen LogP contribution is -2.46. The Labute approximate surface area is 238 Å². The Morgan fingerprint density at radius 3 is 2.48 bits per heavy atom. The molecular weight excluding hydrogens is 581 g/mol. The number of H-pyrrole nitrogens is 1. The molecule has 1 unspecified atom stereocenters. The fourth-order valence-electron chi connectivity index (χ4n) is 5.00.